The lowest BCUT2D eigenvalue weighted by atomic mass is 10.1. The Morgan fingerprint density at radius 2 is 1.62 bits per heavy atom. The second-order valence-electron chi connectivity index (χ2n) is 5.98. The number of benzene rings is 2. The Morgan fingerprint density at radius 1 is 0.958 bits per heavy atom. The van der Waals surface area contributed by atoms with E-state index >= 15 is 0 Å². The van der Waals surface area contributed by atoms with E-state index in [1.54, 1.807) is 0 Å². The van der Waals surface area contributed by atoms with Gasteiger partial charge in [-0.05, 0) is 51.1 Å². The summed E-state index contributed by atoms with van der Waals surface area (Å²) in [5.74, 6) is 0.698. The lowest BCUT2D eigenvalue weighted by molar-refractivity contribution is 0.0921. The van der Waals surface area contributed by atoms with Crippen LogP contribution in [0, 0.1) is 20.8 Å². The van der Waals surface area contributed by atoms with Crippen LogP contribution in [0.1, 0.15) is 27.3 Å². The molecule has 3 aromatic rings. The molecule has 0 aliphatic carbocycles. The van der Waals surface area contributed by atoms with Gasteiger partial charge >= 0.3 is 0 Å². The number of Topliss-reactive ketones (excluding diaryl/α,β-unsaturated/α-hetero) is 1. The number of aryl methyl sites for hydroxylation is 2. The molecule has 0 bridgehead atoms. The van der Waals surface area contributed by atoms with Gasteiger partial charge in [0.15, 0.2) is 6.61 Å². The molecule has 0 aliphatic heterocycles. The minimum Gasteiger partial charge on any atom is -0.485 e. The predicted octanol–water partition coefficient (Wildman–Crippen LogP) is 4.66. The van der Waals surface area contributed by atoms with Crippen LogP contribution in [-0.2, 0) is 0 Å². The highest BCUT2D eigenvalue weighted by Gasteiger charge is 2.17. The van der Waals surface area contributed by atoms with Crippen LogP contribution in [0.2, 0.25) is 0 Å². The molecule has 0 unspecified atom stereocenters. The summed E-state index contributed by atoms with van der Waals surface area (Å²) in [6.45, 7) is 6.10. The zero-order chi connectivity index (χ0) is 17.1. The molecule has 1 aromatic heterocycles. The summed E-state index contributed by atoms with van der Waals surface area (Å²) in [5.41, 5.74) is 4.98. The molecular formula is C21H21NO2. The lowest BCUT2D eigenvalue weighted by Gasteiger charge is -2.10. The normalized spacial score (nSPS) is 10.6. The van der Waals surface area contributed by atoms with Crippen molar-refractivity contribution in [1.29, 1.82) is 0 Å². The smallest absolute Gasteiger partial charge is 0.202 e. The number of hydrogen-bond donors (Lipinski definition) is 0. The van der Waals surface area contributed by atoms with Gasteiger partial charge < -0.3 is 9.30 Å². The molecular weight excluding hydrogens is 298 g/mol. The van der Waals surface area contributed by atoms with Crippen molar-refractivity contribution in [2.75, 3.05) is 6.61 Å². The highest BCUT2D eigenvalue weighted by atomic mass is 16.5. The van der Waals surface area contributed by atoms with Crippen molar-refractivity contribution < 1.29 is 9.53 Å². The number of hydrogen-bond acceptors (Lipinski definition) is 2. The molecule has 0 saturated heterocycles. The Bertz CT molecular complexity index is 846. The van der Waals surface area contributed by atoms with Crippen LogP contribution in [0.15, 0.2) is 60.7 Å². The molecule has 0 fully saturated rings. The average Bonchev–Trinajstić information content (AvgIpc) is 2.89. The van der Waals surface area contributed by atoms with Gasteiger partial charge in [-0.25, -0.2) is 0 Å². The Morgan fingerprint density at radius 3 is 2.29 bits per heavy atom. The van der Waals surface area contributed by atoms with E-state index in [9.17, 15) is 4.79 Å². The van der Waals surface area contributed by atoms with Crippen LogP contribution in [0.3, 0.4) is 0 Å². The Balaban J connectivity index is 1.83. The Hall–Kier alpha value is -2.81. The van der Waals surface area contributed by atoms with Gasteiger partial charge in [0, 0.05) is 22.6 Å². The fourth-order valence-electron chi connectivity index (χ4n) is 2.88. The average molecular weight is 319 g/mol. The summed E-state index contributed by atoms with van der Waals surface area (Å²) >= 11 is 0. The van der Waals surface area contributed by atoms with Gasteiger partial charge in [-0.1, -0.05) is 35.9 Å². The van der Waals surface area contributed by atoms with Crippen LogP contribution >= 0.6 is 0 Å². The van der Waals surface area contributed by atoms with E-state index in [0.717, 1.165) is 17.1 Å². The molecule has 0 radical (unpaired) electrons. The van der Waals surface area contributed by atoms with Gasteiger partial charge in [0.2, 0.25) is 5.78 Å². The van der Waals surface area contributed by atoms with Gasteiger partial charge in [-0.15, -0.1) is 0 Å². The number of rotatable bonds is 5. The maximum Gasteiger partial charge on any atom is 0.202 e. The summed E-state index contributed by atoms with van der Waals surface area (Å²) in [4.78, 5) is 12.6. The van der Waals surface area contributed by atoms with Gasteiger partial charge in [-0.3, -0.25) is 4.79 Å². The summed E-state index contributed by atoms with van der Waals surface area (Å²) in [5, 5.41) is 0. The molecule has 0 N–H and O–H groups in total. The van der Waals surface area contributed by atoms with Crippen molar-refractivity contribution in [2.45, 2.75) is 20.8 Å². The fourth-order valence-corrected chi connectivity index (χ4v) is 2.88. The molecule has 1 heterocycles. The standard InChI is InChI=1S/C21H21NO2/c1-15-9-11-18(12-10-15)22-16(2)13-20(17(22)3)21(23)14-24-19-7-5-4-6-8-19/h4-13H,14H2,1-3H3. The summed E-state index contributed by atoms with van der Waals surface area (Å²) in [6.07, 6.45) is 0. The number of para-hydroxylation sites is 1. The largest absolute Gasteiger partial charge is 0.485 e. The topological polar surface area (TPSA) is 31.2 Å². The molecule has 0 amide bonds. The van der Waals surface area contributed by atoms with Gasteiger partial charge in [-0.2, -0.15) is 0 Å². The molecule has 122 valence electrons. The SMILES string of the molecule is Cc1ccc(-n2c(C)cc(C(=O)COc3ccccc3)c2C)cc1. The third kappa shape index (κ3) is 3.25. The lowest BCUT2D eigenvalue weighted by Crippen LogP contribution is -2.12. The number of carbonyl (C=O) groups is 1. The molecule has 0 spiro atoms. The van der Waals surface area contributed by atoms with Gasteiger partial charge in [0.1, 0.15) is 5.75 Å². The number of carbonyl (C=O) groups excluding carboxylic acids is 1. The molecule has 24 heavy (non-hydrogen) atoms. The van der Waals surface area contributed by atoms with E-state index < -0.39 is 0 Å². The number of nitrogens with zero attached hydrogens (tertiary/aromatic N) is 1. The van der Waals surface area contributed by atoms with Crippen molar-refractivity contribution in [3.8, 4) is 11.4 Å². The maximum atomic E-state index is 12.6. The Labute approximate surface area is 142 Å². The summed E-state index contributed by atoms with van der Waals surface area (Å²) < 4.78 is 7.70. The minimum atomic E-state index is -0.00897. The van der Waals surface area contributed by atoms with E-state index in [0.29, 0.717) is 11.3 Å². The minimum absolute atomic E-state index is 0.00897. The van der Waals surface area contributed by atoms with E-state index in [-0.39, 0.29) is 12.4 Å². The van der Waals surface area contributed by atoms with Crippen LogP contribution in [0.5, 0.6) is 5.75 Å². The second-order valence-corrected chi connectivity index (χ2v) is 5.98. The van der Waals surface area contributed by atoms with Crippen molar-refractivity contribution in [1.82, 2.24) is 4.57 Å². The van der Waals surface area contributed by atoms with Crippen molar-refractivity contribution >= 4 is 5.78 Å². The number of ketones is 1. The number of aromatic nitrogens is 1. The van der Waals surface area contributed by atoms with Crippen LogP contribution in [0.4, 0.5) is 0 Å². The Kier molecular flexibility index (Phi) is 4.52. The first-order valence-corrected chi connectivity index (χ1v) is 8.03. The zero-order valence-corrected chi connectivity index (χ0v) is 14.2. The zero-order valence-electron chi connectivity index (χ0n) is 14.2. The first-order valence-electron chi connectivity index (χ1n) is 8.03. The first-order chi connectivity index (χ1) is 11.6. The molecule has 3 nitrogen and oxygen atoms in total. The van der Waals surface area contributed by atoms with Crippen LogP contribution < -0.4 is 4.74 Å². The fraction of sp³-hybridized carbons (Fsp3) is 0.190. The third-order valence-electron chi connectivity index (χ3n) is 4.14. The van der Waals surface area contributed by atoms with Gasteiger partial charge in [0.25, 0.3) is 0 Å². The second kappa shape index (κ2) is 6.75. The predicted molar refractivity (Wildman–Crippen MR) is 96.2 cm³/mol. The molecule has 0 saturated carbocycles. The molecule has 0 aliphatic rings. The molecule has 2 aromatic carbocycles. The van der Waals surface area contributed by atoms with Crippen molar-refractivity contribution in [2.24, 2.45) is 0 Å². The quantitative estimate of drug-likeness (QED) is 0.640. The van der Waals surface area contributed by atoms with E-state index in [4.69, 9.17) is 4.74 Å². The summed E-state index contributed by atoms with van der Waals surface area (Å²) in [7, 11) is 0. The highest BCUT2D eigenvalue weighted by Crippen LogP contribution is 2.22. The maximum absolute atomic E-state index is 12.6. The highest BCUT2D eigenvalue weighted by molar-refractivity contribution is 5.98. The third-order valence-corrected chi connectivity index (χ3v) is 4.14. The van der Waals surface area contributed by atoms with Crippen LogP contribution in [0.25, 0.3) is 5.69 Å². The number of ether oxygens (including phenoxy) is 1. The monoisotopic (exact) mass is 319 g/mol. The van der Waals surface area contributed by atoms with Gasteiger partial charge in [0.05, 0.1) is 0 Å². The summed E-state index contributed by atoms with van der Waals surface area (Å²) in [6, 6.07) is 19.6. The van der Waals surface area contributed by atoms with E-state index in [2.05, 4.69) is 35.8 Å². The molecule has 3 rings (SSSR count). The molecule has 0 atom stereocenters. The van der Waals surface area contributed by atoms with Crippen molar-refractivity contribution in [3.63, 3.8) is 0 Å². The molecule has 3 heteroatoms. The first kappa shape index (κ1) is 16.1. The van der Waals surface area contributed by atoms with Crippen LogP contribution in [-0.4, -0.2) is 17.0 Å². The van der Waals surface area contributed by atoms with Crippen molar-refractivity contribution in [3.05, 3.63) is 83.2 Å². The van der Waals surface area contributed by atoms with E-state index in [1.807, 2.05) is 50.2 Å². The van der Waals surface area contributed by atoms with E-state index in [1.165, 1.54) is 5.56 Å².